The second-order valence-electron chi connectivity index (χ2n) is 8.70. The van der Waals surface area contributed by atoms with Crippen LogP contribution in [-0.4, -0.2) is 36.2 Å². The van der Waals surface area contributed by atoms with Gasteiger partial charge in [-0.25, -0.2) is 9.59 Å². The van der Waals surface area contributed by atoms with E-state index in [1.807, 2.05) is 6.92 Å². The van der Waals surface area contributed by atoms with Gasteiger partial charge in [-0.15, -0.1) is 13.2 Å². The number of carbonyl (C=O) groups excluding carboxylic acids is 2. The first kappa shape index (κ1) is 29.8. The molecule has 0 bridgehead atoms. The van der Waals surface area contributed by atoms with Crippen molar-refractivity contribution < 1.29 is 28.7 Å². The molecule has 0 spiro atoms. The van der Waals surface area contributed by atoms with Gasteiger partial charge in [0.15, 0.2) is 0 Å². The number of allylic oxidation sites excluding steroid dienone is 2. The van der Waals surface area contributed by atoms with Crippen molar-refractivity contribution >= 4 is 17.6 Å². The highest BCUT2D eigenvalue weighted by Crippen LogP contribution is 2.28. The van der Waals surface area contributed by atoms with Gasteiger partial charge in [0, 0.05) is 25.0 Å². The first-order valence-corrected chi connectivity index (χ1v) is 12.2. The molecule has 0 aliphatic heterocycles. The van der Waals surface area contributed by atoms with Gasteiger partial charge in [-0.3, -0.25) is 10.1 Å². The van der Waals surface area contributed by atoms with Crippen LogP contribution in [0.25, 0.3) is 0 Å². The quantitative estimate of drug-likeness (QED) is 0.121. The van der Waals surface area contributed by atoms with Crippen LogP contribution in [0.5, 0.6) is 5.75 Å². The Morgan fingerprint density at radius 1 is 1.11 bits per heavy atom. The molecule has 0 amide bonds. The zero-order valence-electron chi connectivity index (χ0n) is 21.6. The Hall–Kier alpha value is -4.45. The van der Waals surface area contributed by atoms with Crippen LogP contribution in [0.4, 0.5) is 5.69 Å². The predicted molar refractivity (Wildman–Crippen MR) is 142 cm³/mol. The van der Waals surface area contributed by atoms with Gasteiger partial charge in [0.25, 0.3) is 5.69 Å². The summed E-state index contributed by atoms with van der Waals surface area (Å²) in [6, 6.07) is 12.4. The van der Waals surface area contributed by atoms with E-state index in [1.54, 1.807) is 30.4 Å². The summed E-state index contributed by atoms with van der Waals surface area (Å²) in [6.07, 6.45) is 3.41. The minimum Gasteiger partial charge on any atom is -0.496 e. The zero-order chi connectivity index (χ0) is 28.1. The second kappa shape index (κ2) is 15.0. The predicted octanol–water partition coefficient (Wildman–Crippen LogP) is 5.99. The van der Waals surface area contributed by atoms with E-state index in [2.05, 4.69) is 19.2 Å². The third-order valence-electron chi connectivity index (χ3n) is 5.99. The Balaban J connectivity index is 2.30. The van der Waals surface area contributed by atoms with Crippen LogP contribution in [-0.2, 0) is 15.9 Å². The van der Waals surface area contributed by atoms with E-state index in [0.29, 0.717) is 24.2 Å². The molecule has 2 aromatic carbocycles. The Morgan fingerprint density at radius 2 is 1.82 bits per heavy atom. The van der Waals surface area contributed by atoms with Crippen molar-refractivity contribution in [1.82, 2.24) is 0 Å². The van der Waals surface area contributed by atoms with Crippen LogP contribution in [0.1, 0.15) is 58.9 Å². The van der Waals surface area contributed by atoms with E-state index in [-0.39, 0.29) is 42.0 Å². The molecule has 0 fully saturated rings. The zero-order valence-corrected chi connectivity index (χ0v) is 21.6. The molecule has 0 heterocycles. The molecule has 2 aromatic rings. The maximum atomic E-state index is 13.3. The SMILES string of the molecule is C=CCc1cccc(OC)c1C(=O)O[C@@H](CCC#N)C[C@@H](OC(=O)c1ccc([N+](=O)[O-])cc1)[C@@H](C)CC=C. The number of nitro groups is 1. The van der Waals surface area contributed by atoms with Gasteiger partial charge >= 0.3 is 11.9 Å². The third-order valence-corrected chi connectivity index (χ3v) is 5.99. The molecule has 0 aliphatic carbocycles. The van der Waals surface area contributed by atoms with E-state index < -0.39 is 29.1 Å². The van der Waals surface area contributed by atoms with E-state index >= 15 is 0 Å². The molecule has 200 valence electrons. The summed E-state index contributed by atoms with van der Waals surface area (Å²) in [5, 5.41) is 20.1. The summed E-state index contributed by atoms with van der Waals surface area (Å²) in [5.74, 6) is -1.10. The Kier molecular flexibility index (Phi) is 11.7. The van der Waals surface area contributed by atoms with Crippen molar-refractivity contribution in [2.24, 2.45) is 5.92 Å². The standard InChI is InChI=1S/C29H32N2O7/c1-5-9-20(3)26(38-28(32)22-14-16-23(17-15-22)31(34)35)19-24(12-8-18-30)37-29(33)27-21(10-6-2)11-7-13-25(27)36-4/h5-7,11,13-17,20,24,26H,1-2,8-10,12,19H2,3-4H3/t20-,24-,26+/m0/s1. The molecule has 2 rings (SSSR count). The normalized spacial score (nSPS) is 12.8. The van der Waals surface area contributed by atoms with E-state index in [1.165, 1.54) is 31.4 Å². The number of rotatable bonds is 15. The second-order valence-corrected chi connectivity index (χ2v) is 8.70. The summed E-state index contributed by atoms with van der Waals surface area (Å²) >= 11 is 0. The number of hydrogen-bond acceptors (Lipinski definition) is 8. The highest BCUT2D eigenvalue weighted by molar-refractivity contribution is 5.94. The van der Waals surface area contributed by atoms with Gasteiger partial charge in [-0.2, -0.15) is 5.26 Å². The molecule has 38 heavy (non-hydrogen) atoms. The van der Waals surface area contributed by atoms with Crippen LogP contribution >= 0.6 is 0 Å². The Morgan fingerprint density at radius 3 is 2.39 bits per heavy atom. The largest absolute Gasteiger partial charge is 0.496 e. The van der Waals surface area contributed by atoms with Crippen LogP contribution in [0.15, 0.2) is 67.8 Å². The molecule has 0 aromatic heterocycles. The number of non-ortho nitro benzene ring substituents is 1. The van der Waals surface area contributed by atoms with E-state index in [9.17, 15) is 25.0 Å². The highest BCUT2D eigenvalue weighted by atomic mass is 16.6. The molecule has 3 atom stereocenters. The lowest BCUT2D eigenvalue weighted by Gasteiger charge is -2.28. The summed E-state index contributed by atoms with van der Waals surface area (Å²) in [5.41, 5.74) is 0.966. The molecule has 0 N–H and O–H groups in total. The molecular formula is C29H32N2O7. The van der Waals surface area contributed by atoms with Gasteiger partial charge in [0.1, 0.15) is 23.5 Å². The van der Waals surface area contributed by atoms with Gasteiger partial charge in [0.2, 0.25) is 0 Å². The molecule has 9 heteroatoms. The number of nitriles is 1. The molecule has 0 radical (unpaired) electrons. The number of esters is 2. The van der Waals surface area contributed by atoms with Gasteiger partial charge in [-0.05, 0) is 48.9 Å². The molecule has 0 saturated heterocycles. The Bertz CT molecular complexity index is 1180. The van der Waals surface area contributed by atoms with E-state index in [4.69, 9.17) is 14.2 Å². The molecule has 0 saturated carbocycles. The summed E-state index contributed by atoms with van der Waals surface area (Å²) in [7, 11) is 1.46. The van der Waals surface area contributed by atoms with Crippen molar-refractivity contribution in [3.8, 4) is 11.8 Å². The lowest BCUT2D eigenvalue weighted by atomic mass is 9.94. The van der Waals surface area contributed by atoms with Crippen molar-refractivity contribution in [2.45, 2.75) is 51.2 Å². The fourth-order valence-corrected chi connectivity index (χ4v) is 3.96. The highest BCUT2D eigenvalue weighted by Gasteiger charge is 2.29. The molecule has 0 aliphatic rings. The molecule has 9 nitrogen and oxygen atoms in total. The summed E-state index contributed by atoms with van der Waals surface area (Å²) < 4.78 is 17.0. The number of benzene rings is 2. The number of nitro benzene ring substituents is 1. The van der Waals surface area contributed by atoms with Crippen LogP contribution in [0, 0.1) is 27.4 Å². The van der Waals surface area contributed by atoms with Gasteiger partial charge < -0.3 is 14.2 Å². The maximum Gasteiger partial charge on any atom is 0.342 e. The van der Waals surface area contributed by atoms with Gasteiger partial charge in [-0.1, -0.05) is 31.2 Å². The molecular weight excluding hydrogens is 488 g/mol. The number of ether oxygens (including phenoxy) is 3. The lowest BCUT2D eigenvalue weighted by molar-refractivity contribution is -0.384. The minimum atomic E-state index is -0.731. The average molecular weight is 521 g/mol. The summed E-state index contributed by atoms with van der Waals surface area (Å²) in [4.78, 5) is 36.5. The first-order valence-electron chi connectivity index (χ1n) is 12.2. The van der Waals surface area contributed by atoms with Crippen molar-refractivity contribution in [1.29, 1.82) is 5.26 Å². The van der Waals surface area contributed by atoms with Crippen molar-refractivity contribution in [2.75, 3.05) is 7.11 Å². The topological polar surface area (TPSA) is 129 Å². The number of methoxy groups -OCH3 is 1. The first-order chi connectivity index (χ1) is 18.2. The average Bonchev–Trinajstić information content (AvgIpc) is 2.91. The van der Waals surface area contributed by atoms with Crippen LogP contribution in [0.2, 0.25) is 0 Å². The third kappa shape index (κ3) is 8.30. The maximum absolute atomic E-state index is 13.3. The summed E-state index contributed by atoms with van der Waals surface area (Å²) in [6.45, 7) is 9.37. The molecule has 0 unspecified atom stereocenters. The fraction of sp³-hybridized carbons (Fsp3) is 0.345. The number of carbonyl (C=O) groups is 2. The number of nitrogens with zero attached hydrogens (tertiary/aromatic N) is 2. The van der Waals surface area contributed by atoms with E-state index in [0.717, 1.165) is 0 Å². The Labute approximate surface area is 222 Å². The van der Waals surface area contributed by atoms with Crippen LogP contribution in [0.3, 0.4) is 0 Å². The van der Waals surface area contributed by atoms with Crippen molar-refractivity contribution in [3.63, 3.8) is 0 Å². The lowest BCUT2D eigenvalue weighted by Crippen LogP contribution is -2.32. The monoisotopic (exact) mass is 520 g/mol. The number of hydrogen-bond donors (Lipinski definition) is 0. The fourth-order valence-electron chi connectivity index (χ4n) is 3.96. The van der Waals surface area contributed by atoms with Gasteiger partial charge in [0.05, 0.1) is 23.7 Å². The smallest absolute Gasteiger partial charge is 0.342 e. The van der Waals surface area contributed by atoms with Crippen molar-refractivity contribution in [3.05, 3.63) is 94.6 Å². The van der Waals surface area contributed by atoms with Crippen LogP contribution < -0.4 is 4.74 Å². The minimum absolute atomic E-state index is 0.127.